The van der Waals surface area contributed by atoms with Crippen LogP contribution in [0.1, 0.15) is 36.5 Å². The van der Waals surface area contributed by atoms with Crippen LogP contribution in [-0.2, 0) is 5.67 Å². The van der Waals surface area contributed by atoms with Crippen LogP contribution in [0.15, 0.2) is 18.2 Å². The minimum absolute atomic E-state index is 0.0949. The Labute approximate surface area is 103 Å². The average Bonchev–Trinajstić information content (AvgIpc) is 2.29. The normalized spacial score (nSPS) is 24.4. The summed E-state index contributed by atoms with van der Waals surface area (Å²) in [4.78, 5) is 0. The number of hydrogen-bond acceptors (Lipinski definition) is 1. The molecule has 2 heteroatoms. The molecule has 94 valence electrons. The molecule has 0 aromatic heterocycles. The summed E-state index contributed by atoms with van der Waals surface area (Å²) in [5, 5.41) is 3.30. The van der Waals surface area contributed by atoms with E-state index in [9.17, 15) is 0 Å². The van der Waals surface area contributed by atoms with E-state index in [0.717, 1.165) is 42.6 Å². The van der Waals surface area contributed by atoms with Crippen LogP contribution in [0.2, 0.25) is 0 Å². The first kappa shape index (κ1) is 12.6. The van der Waals surface area contributed by atoms with Gasteiger partial charge in [0.15, 0.2) is 0 Å². The molecule has 1 fully saturated rings. The molecular weight excluding hydrogens is 213 g/mol. The molecule has 1 nitrogen and oxygen atoms in total. The Morgan fingerprint density at radius 2 is 1.88 bits per heavy atom. The second kappa shape index (κ2) is 4.77. The molecule has 0 saturated carbocycles. The van der Waals surface area contributed by atoms with Gasteiger partial charge in [0.05, 0.1) is 0 Å². The van der Waals surface area contributed by atoms with Crippen LogP contribution in [0, 0.1) is 19.8 Å². The molecule has 1 saturated heterocycles. The molecule has 0 aliphatic carbocycles. The van der Waals surface area contributed by atoms with Gasteiger partial charge in [0.1, 0.15) is 5.67 Å². The van der Waals surface area contributed by atoms with Gasteiger partial charge in [-0.2, -0.15) is 0 Å². The Kier molecular flexibility index (Phi) is 3.53. The lowest BCUT2D eigenvalue weighted by molar-refractivity contribution is 0.0811. The van der Waals surface area contributed by atoms with Crippen molar-refractivity contribution in [2.75, 3.05) is 13.1 Å². The molecule has 2 atom stereocenters. The molecule has 1 N–H and O–H groups in total. The second-order valence-electron chi connectivity index (χ2n) is 5.50. The van der Waals surface area contributed by atoms with Crippen LogP contribution in [0.25, 0.3) is 0 Å². The number of benzene rings is 1. The number of piperidine rings is 1. The molecule has 1 heterocycles. The highest BCUT2D eigenvalue weighted by Gasteiger charge is 2.36. The Bertz CT molecular complexity index is 372. The zero-order valence-corrected chi connectivity index (χ0v) is 11.0. The van der Waals surface area contributed by atoms with E-state index in [2.05, 4.69) is 11.4 Å². The number of alkyl halides is 1. The van der Waals surface area contributed by atoms with Gasteiger partial charge in [-0.05, 0) is 45.7 Å². The van der Waals surface area contributed by atoms with Crippen molar-refractivity contribution in [1.82, 2.24) is 5.32 Å². The third-order valence-electron chi connectivity index (χ3n) is 3.85. The largest absolute Gasteiger partial charge is 0.316 e. The summed E-state index contributed by atoms with van der Waals surface area (Å²) in [6.07, 6.45) is 2.06. The van der Waals surface area contributed by atoms with E-state index in [1.54, 1.807) is 6.92 Å². The summed E-state index contributed by atoms with van der Waals surface area (Å²) in [5.74, 6) is 0.0949. The summed E-state index contributed by atoms with van der Waals surface area (Å²) in [6, 6.07) is 6.07. The van der Waals surface area contributed by atoms with E-state index in [1.807, 2.05) is 26.0 Å². The molecule has 1 aliphatic heterocycles. The fourth-order valence-corrected chi connectivity index (χ4v) is 2.81. The van der Waals surface area contributed by atoms with E-state index in [1.165, 1.54) is 0 Å². The van der Waals surface area contributed by atoms with Crippen LogP contribution in [0.3, 0.4) is 0 Å². The summed E-state index contributed by atoms with van der Waals surface area (Å²) in [6.45, 7) is 7.62. The van der Waals surface area contributed by atoms with Gasteiger partial charge < -0.3 is 5.32 Å². The lowest BCUT2D eigenvalue weighted by Gasteiger charge is -2.34. The van der Waals surface area contributed by atoms with Crippen LogP contribution in [-0.4, -0.2) is 13.1 Å². The third-order valence-corrected chi connectivity index (χ3v) is 3.85. The number of nitrogens with one attached hydrogen (secondary N) is 1. The van der Waals surface area contributed by atoms with Crippen molar-refractivity contribution in [3.63, 3.8) is 0 Å². The molecule has 0 amide bonds. The molecule has 1 aromatic rings. The van der Waals surface area contributed by atoms with Crippen molar-refractivity contribution in [1.29, 1.82) is 0 Å². The highest BCUT2D eigenvalue weighted by Crippen LogP contribution is 2.37. The molecule has 17 heavy (non-hydrogen) atoms. The van der Waals surface area contributed by atoms with E-state index >= 15 is 4.39 Å². The van der Waals surface area contributed by atoms with Crippen LogP contribution in [0.4, 0.5) is 4.39 Å². The molecule has 0 bridgehead atoms. The van der Waals surface area contributed by atoms with E-state index in [-0.39, 0.29) is 5.92 Å². The Hall–Kier alpha value is -0.890. The van der Waals surface area contributed by atoms with Gasteiger partial charge in [0.25, 0.3) is 0 Å². The minimum atomic E-state index is -1.22. The SMILES string of the molecule is Cc1cc(C)cc(C(C)(F)C2CCCNC2)c1. The first-order valence-corrected chi connectivity index (χ1v) is 6.48. The molecule has 0 spiro atoms. The Morgan fingerprint density at radius 3 is 2.41 bits per heavy atom. The lowest BCUT2D eigenvalue weighted by atomic mass is 9.79. The maximum atomic E-state index is 15.0. The standard InChI is InChI=1S/C15H22FN/c1-11-7-12(2)9-14(8-11)15(3,16)13-5-4-6-17-10-13/h7-9,13,17H,4-6,10H2,1-3H3. The van der Waals surface area contributed by atoms with Crippen molar-refractivity contribution in [3.05, 3.63) is 34.9 Å². The molecule has 1 aromatic carbocycles. The molecule has 0 radical (unpaired) electrons. The zero-order valence-electron chi connectivity index (χ0n) is 11.0. The van der Waals surface area contributed by atoms with E-state index in [0.29, 0.717) is 0 Å². The first-order valence-electron chi connectivity index (χ1n) is 6.48. The quantitative estimate of drug-likeness (QED) is 0.827. The molecule has 2 rings (SSSR count). The van der Waals surface area contributed by atoms with Crippen molar-refractivity contribution in [2.45, 2.75) is 39.3 Å². The van der Waals surface area contributed by atoms with Gasteiger partial charge in [-0.1, -0.05) is 29.3 Å². The topological polar surface area (TPSA) is 12.0 Å². The zero-order chi connectivity index (χ0) is 12.5. The monoisotopic (exact) mass is 235 g/mol. The minimum Gasteiger partial charge on any atom is -0.316 e. The van der Waals surface area contributed by atoms with Gasteiger partial charge in [0, 0.05) is 12.5 Å². The lowest BCUT2D eigenvalue weighted by Crippen LogP contribution is -2.40. The van der Waals surface area contributed by atoms with Gasteiger partial charge in [-0.15, -0.1) is 0 Å². The second-order valence-corrected chi connectivity index (χ2v) is 5.50. The average molecular weight is 235 g/mol. The van der Waals surface area contributed by atoms with Crippen molar-refractivity contribution >= 4 is 0 Å². The van der Waals surface area contributed by atoms with Crippen LogP contribution >= 0.6 is 0 Å². The highest BCUT2D eigenvalue weighted by molar-refractivity contribution is 5.32. The number of aryl methyl sites for hydroxylation is 2. The Morgan fingerprint density at radius 1 is 1.24 bits per heavy atom. The maximum absolute atomic E-state index is 15.0. The molecule has 2 unspecified atom stereocenters. The smallest absolute Gasteiger partial charge is 0.137 e. The maximum Gasteiger partial charge on any atom is 0.137 e. The van der Waals surface area contributed by atoms with Gasteiger partial charge in [-0.3, -0.25) is 0 Å². The van der Waals surface area contributed by atoms with E-state index < -0.39 is 5.67 Å². The summed E-state index contributed by atoms with van der Waals surface area (Å²) < 4.78 is 15.0. The van der Waals surface area contributed by atoms with Crippen molar-refractivity contribution in [2.24, 2.45) is 5.92 Å². The van der Waals surface area contributed by atoms with E-state index in [4.69, 9.17) is 0 Å². The van der Waals surface area contributed by atoms with Gasteiger partial charge >= 0.3 is 0 Å². The fraction of sp³-hybridized carbons (Fsp3) is 0.600. The number of halogens is 1. The van der Waals surface area contributed by atoms with Crippen LogP contribution in [0.5, 0.6) is 0 Å². The number of rotatable bonds is 2. The third kappa shape index (κ3) is 2.68. The van der Waals surface area contributed by atoms with Gasteiger partial charge in [-0.25, -0.2) is 4.39 Å². The van der Waals surface area contributed by atoms with Crippen molar-refractivity contribution < 1.29 is 4.39 Å². The highest BCUT2D eigenvalue weighted by atomic mass is 19.1. The fourth-order valence-electron chi connectivity index (χ4n) is 2.81. The molecular formula is C15H22FN. The predicted octanol–water partition coefficient (Wildman–Crippen LogP) is 3.49. The van der Waals surface area contributed by atoms with Crippen LogP contribution < -0.4 is 5.32 Å². The van der Waals surface area contributed by atoms with Crippen molar-refractivity contribution in [3.8, 4) is 0 Å². The first-order chi connectivity index (χ1) is 8.00. The summed E-state index contributed by atoms with van der Waals surface area (Å²) >= 11 is 0. The Balaban J connectivity index is 2.29. The summed E-state index contributed by atoms with van der Waals surface area (Å²) in [5.41, 5.74) is 1.91. The summed E-state index contributed by atoms with van der Waals surface area (Å²) in [7, 11) is 0. The predicted molar refractivity (Wildman–Crippen MR) is 70.0 cm³/mol. The molecule has 1 aliphatic rings. The number of hydrogen-bond donors (Lipinski definition) is 1. The van der Waals surface area contributed by atoms with Gasteiger partial charge in [0.2, 0.25) is 0 Å².